The average Bonchev–Trinajstić information content (AvgIpc) is 2.39. The fourth-order valence-electron chi connectivity index (χ4n) is 2.26. The summed E-state index contributed by atoms with van der Waals surface area (Å²) in [5.41, 5.74) is 6.04. The lowest BCUT2D eigenvalue weighted by molar-refractivity contribution is 0.288. The van der Waals surface area contributed by atoms with Gasteiger partial charge < -0.3 is 5.73 Å². The van der Waals surface area contributed by atoms with E-state index in [1.807, 2.05) is 0 Å². The molecule has 2 N–H and O–H groups in total. The monoisotopic (exact) mass is 298 g/mol. The van der Waals surface area contributed by atoms with Crippen molar-refractivity contribution in [2.45, 2.75) is 24.7 Å². The van der Waals surface area contributed by atoms with Crippen LogP contribution in [0.4, 0.5) is 0 Å². The molecule has 0 bridgehead atoms. The second-order valence-corrected chi connectivity index (χ2v) is 7.29. The van der Waals surface area contributed by atoms with Crippen LogP contribution in [0.1, 0.15) is 25.3 Å². The first-order valence-corrected chi connectivity index (χ1v) is 8.16. The van der Waals surface area contributed by atoms with Gasteiger partial charge in [0.1, 0.15) is 4.99 Å². The van der Waals surface area contributed by atoms with Gasteiger partial charge in [-0.1, -0.05) is 37.3 Å². The minimum absolute atomic E-state index is 0.115. The summed E-state index contributed by atoms with van der Waals surface area (Å²) in [6, 6.07) is 6.66. The van der Waals surface area contributed by atoms with Gasteiger partial charge in [-0.3, -0.25) is 0 Å². The molecule has 1 aliphatic heterocycles. The summed E-state index contributed by atoms with van der Waals surface area (Å²) in [6.45, 7) is 3.28. The van der Waals surface area contributed by atoms with Crippen LogP contribution < -0.4 is 5.73 Å². The van der Waals surface area contributed by atoms with E-state index in [9.17, 15) is 8.42 Å². The van der Waals surface area contributed by atoms with Gasteiger partial charge >= 0.3 is 0 Å². The molecule has 0 unspecified atom stereocenters. The van der Waals surface area contributed by atoms with Crippen LogP contribution in [0.3, 0.4) is 0 Å². The smallest absolute Gasteiger partial charge is 0.243 e. The first-order chi connectivity index (χ1) is 8.93. The molecule has 0 aliphatic carbocycles. The Labute approximate surface area is 119 Å². The summed E-state index contributed by atoms with van der Waals surface area (Å²) in [5, 5.41) is 0. The zero-order valence-electron chi connectivity index (χ0n) is 10.9. The predicted molar refractivity (Wildman–Crippen MR) is 79.5 cm³/mol. The van der Waals surface area contributed by atoms with E-state index in [4.69, 9.17) is 18.0 Å². The van der Waals surface area contributed by atoms with Gasteiger partial charge in [-0.2, -0.15) is 4.31 Å². The van der Waals surface area contributed by atoms with Crippen LogP contribution >= 0.6 is 12.2 Å². The van der Waals surface area contributed by atoms with Crippen LogP contribution in [0, 0.1) is 5.92 Å². The van der Waals surface area contributed by atoms with Crippen LogP contribution in [0.15, 0.2) is 29.2 Å². The van der Waals surface area contributed by atoms with Crippen molar-refractivity contribution in [1.82, 2.24) is 4.31 Å². The molecule has 19 heavy (non-hydrogen) atoms. The Bertz CT molecular complexity index is 576. The lowest BCUT2D eigenvalue weighted by Crippen LogP contribution is -2.38. The normalized spacial score (nSPS) is 18.4. The van der Waals surface area contributed by atoms with E-state index < -0.39 is 10.0 Å². The van der Waals surface area contributed by atoms with Gasteiger partial charge in [0.2, 0.25) is 10.0 Å². The summed E-state index contributed by atoms with van der Waals surface area (Å²) in [6.07, 6.45) is 1.79. The third-order valence-electron chi connectivity index (χ3n) is 3.51. The van der Waals surface area contributed by atoms with Crippen LogP contribution in [0.5, 0.6) is 0 Å². The topological polar surface area (TPSA) is 63.4 Å². The fraction of sp³-hybridized carbons (Fsp3) is 0.462. The predicted octanol–water partition coefficient (Wildman–Crippen LogP) is 1.74. The maximum Gasteiger partial charge on any atom is 0.243 e. The molecule has 1 aliphatic rings. The maximum atomic E-state index is 12.6. The maximum absolute atomic E-state index is 12.6. The quantitative estimate of drug-likeness (QED) is 0.863. The summed E-state index contributed by atoms with van der Waals surface area (Å²) < 4.78 is 26.8. The first kappa shape index (κ1) is 14.4. The van der Waals surface area contributed by atoms with Crippen LogP contribution in [0.2, 0.25) is 0 Å². The van der Waals surface area contributed by atoms with Gasteiger partial charge in [-0.15, -0.1) is 0 Å². The van der Waals surface area contributed by atoms with Crippen LogP contribution in [-0.2, 0) is 10.0 Å². The lowest BCUT2D eigenvalue weighted by Gasteiger charge is -2.29. The number of thiocarbonyl (C=S) groups is 1. The first-order valence-electron chi connectivity index (χ1n) is 6.32. The molecular weight excluding hydrogens is 280 g/mol. The highest BCUT2D eigenvalue weighted by Crippen LogP contribution is 2.25. The number of sulfonamides is 1. The number of hydrogen-bond donors (Lipinski definition) is 1. The van der Waals surface area contributed by atoms with E-state index in [0.717, 1.165) is 12.8 Å². The fourth-order valence-corrected chi connectivity index (χ4v) is 4.18. The summed E-state index contributed by atoms with van der Waals surface area (Å²) in [4.78, 5) is 0.335. The van der Waals surface area contributed by atoms with Crippen molar-refractivity contribution in [2.24, 2.45) is 11.7 Å². The molecule has 104 valence electrons. The Balaban J connectivity index is 2.37. The van der Waals surface area contributed by atoms with Crippen molar-refractivity contribution in [1.29, 1.82) is 0 Å². The molecular formula is C13H18N2O2S2. The highest BCUT2D eigenvalue weighted by atomic mass is 32.2. The molecule has 1 fully saturated rings. The Kier molecular flexibility index (Phi) is 4.23. The SMILES string of the molecule is CC1CCN(S(=O)(=O)c2ccccc2C(N)=S)CC1. The van der Waals surface area contributed by atoms with Crippen LogP contribution in [-0.4, -0.2) is 30.8 Å². The molecule has 4 nitrogen and oxygen atoms in total. The molecule has 1 aromatic carbocycles. The summed E-state index contributed by atoms with van der Waals surface area (Å²) >= 11 is 4.93. The standard InChI is InChI=1S/C13H18N2O2S2/c1-10-6-8-15(9-7-10)19(16,17)12-5-3-2-4-11(12)13(14)18/h2-5,10H,6-9H2,1H3,(H2,14,18). The molecule has 0 aromatic heterocycles. The van der Waals surface area contributed by atoms with E-state index in [2.05, 4.69) is 6.92 Å². The molecule has 0 amide bonds. The van der Waals surface area contributed by atoms with E-state index in [1.165, 1.54) is 4.31 Å². The second kappa shape index (κ2) is 5.56. The van der Waals surface area contributed by atoms with E-state index >= 15 is 0 Å². The van der Waals surface area contributed by atoms with E-state index in [-0.39, 0.29) is 9.88 Å². The zero-order chi connectivity index (χ0) is 14.0. The van der Waals surface area contributed by atoms with Gasteiger partial charge in [-0.25, -0.2) is 8.42 Å². The molecule has 0 saturated carbocycles. The molecule has 1 aromatic rings. The Hall–Kier alpha value is -0.980. The number of hydrogen-bond acceptors (Lipinski definition) is 3. The van der Waals surface area contributed by atoms with Crippen molar-refractivity contribution in [3.63, 3.8) is 0 Å². The third-order valence-corrected chi connectivity index (χ3v) is 5.69. The van der Waals surface area contributed by atoms with Gasteiger partial charge in [0, 0.05) is 18.7 Å². The second-order valence-electron chi connectivity index (χ2n) is 4.95. The zero-order valence-corrected chi connectivity index (χ0v) is 12.5. The summed E-state index contributed by atoms with van der Waals surface area (Å²) in [7, 11) is -3.50. The van der Waals surface area contributed by atoms with Crippen molar-refractivity contribution in [3.8, 4) is 0 Å². The molecule has 1 saturated heterocycles. The van der Waals surface area contributed by atoms with Crippen molar-refractivity contribution < 1.29 is 8.42 Å². The Morgan fingerprint density at radius 2 is 1.89 bits per heavy atom. The average molecular weight is 298 g/mol. The number of nitrogens with two attached hydrogens (primary N) is 1. The van der Waals surface area contributed by atoms with Gasteiger partial charge in [0.25, 0.3) is 0 Å². The van der Waals surface area contributed by atoms with Crippen molar-refractivity contribution in [2.75, 3.05) is 13.1 Å². The highest BCUT2D eigenvalue weighted by Gasteiger charge is 2.30. The number of rotatable bonds is 3. The molecule has 0 spiro atoms. The third kappa shape index (κ3) is 2.96. The number of piperidine rings is 1. The van der Waals surface area contributed by atoms with Gasteiger partial charge in [0.05, 0.1) is 4.90 Å². The molecule has 2 rings (SSSR count). The Morgan fingerprint density at radius 3 is 2.47 bits per heavy atom. The largest absolute Gasteiger partial charge is 0.389 e. The van der Waals surface area contributed by atoms with Crippen molar-refractivity contribution >= 4 is 27.2 Å². The van der Waals surface area contributed by atoms with Crippen LogP contribution in [0.25, 0.3) is 0 Å². The van der Waals surface area contributed by atoms with Gasteiger partial charge in [-0.05, 0) is 24.8 Å². The molecule has 0 atom stereocenters. The molecule has 1 heterocycles. The molecule has 0 radical (unpaired) electrons. The van der Waals surface area contributed by atoms with E-state index in [0.29, 0.717) is 24.6 Å². The summed E-state index contributed by atoms with van der Waals surface area (Å²) in [5.74, 6) is 0.581. The number of nitrogens with zero attached hydrogens (tertiary/aromatic N) is 1. The van der Waals surface area contributed by atoms with Crippen molar-refractivity contribution in [3.05, 3.63) is 29.8 Å². The lowest BCUT2D eigenvalue weighted by atomic mass is 10.0. The minimum Gasteiger partial charge on any atom is -0.389 e. The van der Waals surface area contributed by atoms with Gasteiger partial charge in [0.15, 0.2) is 0 Å². The molecule has 6 heteroatoms. The Morgan fingerprint density at radius 1 is 1.32 bits per heavy atom. The minimum atomic E-state index is -3.50. The number of benzene rings is 1. The highest BCUT2D eigenvalue weighted by molar-refractivity contribution is 7.89. The van der Waals surface area contributed by atoms with E-state index in [1.54, 1.807) is 24.3 Å².